The first-order valence-electron chi connectivity index (χ1n) is 6.47. The summed E-state index contributed by atoms with van der Waals surface area (Å²) >= 11 is 4.08. The Morgan fingerprint density at radius 1 is 1.47 bits per heavy atom. The van der Waals surface area contributed by atoms with Crippen LogP contribution in [0.5, 0.6) is 0 Å². The van der Waals surface area contributed by atoms with Crippen molar-refractivity contribution in [3.8, 4) is 0 Å². The fourth-order valence-corrected chi connectivity index (χ4v) is 4.01. The highest BCUT2D eigenvalue weighted by Crippen LogP contribution is 2.29. The van der Waals surface area contributed by atoms with Gasteiger partial charge in [-0.3, -0.25) is 4.79 Å². The molecular weight excluding hydrogens is 375 g/mol. The second-order valence-corrected chi connectivity index (χ2v) is 7.87. The van der Waals surface area contributed by atoms with E-state index in [2.05, 4.69) is 40.0 Å². The molecule has 2 rings (SSSR count). The number of halogens is 1. The molecular formula is C13H19IN2O2S. The number of carbonyl (C=O) groups is 1. The topological polar surface area (TPSA) is 64.4 Å². The molecule has 6 heteroatoms. The molecule has 0 aromatic carbocycles. The highest BCUT2D eigenvalue weighted by molar-refractivity contribution is 14.1. The SMILES string of the molecule is NCC1(C(=O)NCCc2ccc(I)s2)CCOCC1. The van der Waals surface area contributed by atoms with Crippen molar-refractivity contribution in [1.29, 1.82) is 0 Å². The monoisotopic (exact) mass is 394 g/mol. The lowest BCUT2D eigenvalue weighted by Crippen LogP contribution is -2.49. The smallest absolute Gasteiger partial charge is 0.227 e. The van der Waals surface area contributed by atoms with Crippen molar-refractivity contribution in [2.24, 2.45) is 11.1 Å². The number of thiophene rings is 1. The van der Waals surface area contributed by atoms with E-state index >= 15 is 0 Å². The van der Waals surface area contributed by atoms with Crippen molar-refractivity contribution in [2.75, 3.05) is 26.3 Å². The summed E-state index contributed by atoms with van der Waals surface area (Å²) in [5.74, 6) is 0.0875. The van der Waals surface area contributed by atoms with Crippen LogP contribution in [0.25, 0.3) is 0 Å². The van der Waals surface area contributed by atoms with Gasteiger partial charge in [-0.1, -0.05) is 0 Å². The molecule has 19 heavy (non-hydrogen) atoms. The van der Waals surface area contributed by atoms with Crippen molar-refractivity contribution < 1.29 is 9.53 Å². The summed E-state index contributed by atoms with van der Waals surface area (Å²) in [5, 5.41) is 3.03. The normalized spacial score (nSPS) is 18.2. The van der Waals surface area contributed by atoms with E-state index in [1.807, 2.05) is 0 Å². The zero-order valence-corrected chi connectivity index (χ0v) is 13.8. The second kappa shape index (κ2) is 7.01. The summed E-state index contributed by atoms with van der Waals surface area (Å²) in [6, 6.07) is 4.22. The maximum absolute atomic E-state index is 12.3. The molecule has 1 aromatic heterocycles. The lowest BCUT2D eigenvalue weighted by Gasteiger charge is -2.34. The largest absolute Gasteiger partial charge is 0.381 e. The van der Waals surface area contributed by atoms with E-state index in [-0.39, 0.29) is 5.91 Å². The number of amides is 1. The van der Waals surface area contributed by atoms with Crippen LogP contribution in [-0.2, 0) is 16.0 Å². The van der Waals surface area contributed by atoms with Crippen LogP contribution in [0, 0.1) is 8.30 Å². The third kappa shape index (κ3) is 3.90. The van der Waals surface area contributed by atoms with E-state index in [1.165, 1.54) is 7.76 Å². The van der Waals surface area contributed by atoms with Crippen LogP contribution in [0.15, 0.2) is 12.1 Å². The van der Waals surface area contributed by atoms with Gasteiger partial charge in [-0.2, -0.15) is 0 Å². The molecule has 1 aromatic rings. The summed E-state index contributed by atoms with van der Waals surface area (Å²) in [7, 11) is 0. The molecule has 1 aliphatic heterocycles. The number of carbonyl (C=O) groups excluding carboxylic acids is 1. The molecule has 1 fully saturated rings. The number of ether oxygens (including phenoxy) is 1. The maximum atomic E-state index is 12.3. The van der Waals surface area contributed by atoms with Gasteiger partial charge in [0, 0.05) is 31.2 Å². The van der Waals surface area contributed by atoms with Crippen molar-refractivity contribution >= 4 is 39.8 Å². The van der Waals surface area contributed by atoms with Gasteiger partial charge in [-0.15, -0.1) is 11.3 Å². The van der Waals surface area contributed by atoms with Crippen LogP contribution in [0.4, 0.5) is 0 Å². The molecule has 106 valence electrons. The molecule has 2 heterocycles. The first kappa shape index (κ1) is 15.2. The van der Waals surface area contributed by atoms with Gasteiger partial charge in [-0.05, 0) is 54.0 Å². The van der Waals surface area contributed by atoms with Crippen molar-refractivity contribution in [3.63, 3.8) is 0 Å². The van der Waals surface area contributed by atoms with Crippen molar-refractivity contribution in [3.05, 3.63) is 19.9 Å². The summed E-state index contributed by atoms with van der Waals surface area (Å²) in [4.78, 5) is 13.6. The Labute approximate surface area is 131 Å². The first-order valence-corrected chi connectivity index (χ1v) is 8.36. The number of nitrogens with two attached hydrogens (primary N) is 1. The van der Waals surface area contributed by atoms with Crippen LogP contribution >= 0.6 is 33.9 Å². The number of hydrogen-bond acceptors (Lipinski definition) is 4. The highest BCUT2D eigenvalue weighted by atomic mass is 127. The predicted molar refractivity (Wildman–Crippen MR) is 85.3 cm³/mol. The van der Waals surface area contributed by atoms with Crippen molar-refractivity contribution in [1.82, 2.24) is 5.32 Å². The van der Waals surface area contributed by atoms with E-state index in [1.54, 1.807) is 11.3 Å². The van der Waals surface area contributed by atoms with E-state index in [0.717, 1.165) is 19.3 Å². The Kier molecular flexibility index (Phi) is 5.61. The Hall–Kier alpha value is -0.180. The second-order valence-electron chi connectivity index (χ2n) is 4.81. The molecule has 0 bridgehead atoms. The molecule has 0 radical (unpaired) electrons. The molecule has 0 aliphatic carbocycles. The van der Waals surface area contributed by atoms with E-state index in [4.69, 9.17) is 10.5 Å². The first-order chi connectivity index (χ1) is 9.16. The molecule has 0 saturated carbocycles. The molecule has 0 atom stereocenters. The number of hydrogen-bond donors (Lipinski definition) is 2. The van der Waals surface area contributed by atoms with E-state index < -0.39 is 5.41 Å². The van der Waals surface area contributed by atoms with Gasteiger partial charge in [0.05, 0.1) is 8.30 Å². The molecule has 1 aliphatic rings. The van der Waals surface area contributed by atoms with Gasteiger partial charge in [0.15, 0.2) is 0 Å². The maximum Gasteiger partial charge on any atom is 0.227 e. The Morgan fingerprint density at radius 2 is 2.21 bits per heavy atom. The molecule has 1 amide bonds. The third-order valence-corrected chi connectivity index (χ3v) is 5.56. The Bertz CT molecular complexity index is 430. The van der Waals surface area contributed by atoms with Crippen LogP contribution in [0.2, 0.25) is 0 Å². The van der Waals surface area contributed by atoms with Crippen LogP contribution in [-0.4, -0.2) is 32.2 Å². The van der Waals surface area contributed by atoms with Gasteiger partial charge in [-0.25, -0.2) is 0 Å². The van der Waals surface area contributed by atoms with Crippen LogP contribution in [0.1, 0.15) is 17.7 Å². The number of rotatable bonds is 5. The average Bonchev–Trinajstić information content (AvgIpc) is 2.85. The zero-order valence-electron chi connectivity index (χ0n) is 10.8. The quantitative estimate of drug-likeness (QED) is 0.749. The predicted octanol–water partition coefficient (Wildman–Crippen LogP) is 1.77. The van der Waals surface area contributed by atoms with Gasteiger partial charge >= 0.3 is 0 Å². The fourth-order valence-electron chi connectivity index (χ4n) is 2.26. The minimum absolute atomic E-state index is 0.0875. The van der Waals surface area contributed by atoms with Gasteiger partial charge < -0.3 is 15.8 Å². The van der Waals surface area contributed by atoms with Crippen LogP contribution in [0.3, 0.4) is 0 Å². The van der Waals surface area contributed by atoms with E-state index in [9.17, 15) is 4.79 Å². The summed E-state index contributed by atoms with van der Waals surface area (Å²) in [5.41, 5.74) is 5.40. The Morgan fingerprint density at radius 3 is 2.79 bits per heavy atom. The average molecular weight is 394 g/mol. The summed E-state index contributed by atoms with van der Waals surface area (Å²) < 4.78 is 6.60. The number of nitrogens with one attached hydrogen (secondary N) is 1. The molecule has 0 unspecified atom stereocenters. The van der Waals surface area contributed by atoms with Crippen LogP contribution < -0.4 is 11.1 Å². The lowest BCUT2D eigenvalue weighted by atomic mass is 9.79. The van der Waals surface area contributed by atoms with Gasteiger partial charge in [0.25, 0.3) is 0 Å². The van der Waals surface area contributed by atoms with Crippen molar-refractivity contribution in [2.45, 2.75) is 19.3 Å². The van der Waals surface area contributed by atoms with E-state index in [0.29, 0.717) is 26.3 Å². The summed E-state index contributed by atoms with van der Waals surface area (Å²) in [6.45, 7) is 2.35. The minimum atomic E-state index is -0.415. The Balaban J connectivity index is 1.82. The fraction of sp³-hybridized carbons (Fsp3) is 0.615. The summed E-state index contributed by atoms with van der Waals surface area (Å²) in [6.07, 6.45) is 2.34. The highest BCUT2D eigenvalue weighted by Gasteiger charge is 2.38. The standard InChI is InChI=1S/C13H19IN2O2S/c14-11-2-1-10(19-11)3-6-16-12(17)13(9-15)4-7-18-8-5-13/h1-2H,3-9,15H2,(H,16,17). The third-order valence-electron chi connectivity index (χ3n) is 3.61. The molecule has 0 spiro atoms. The van der Waals surface area contributed by atoms with Gasteiger partial charge in [0.1, 0.15) is 0 Å². The molecule has 3 N–H and O–H groups in total. The molecule has 4 nitrogen and oxygen atoms in total. The zero-order chi connectivity index (χ0) is 13.7. The molecule has 1 saturated heterocycles. The minimum Gasteiger partial charge on any atom is -0.381 e. The van der Waals surface area contributed by atoms with Gasteiger partial charge in [0.2, 0.25) is 5.91 Å². The lowest BCUT2D eigenvalue weighted by molar-refractivity contribution is -0.135.